The summed E-state index contributed by atoms with van der Waals surface area (Å²) in [6, 6.07) is 7.64. The first-order valence-corrected chi connectivity index (χ1v) is 6.11. The van der Waals surface area contributed by atoms with Gasteiger partial charge in [-0.3, -0.25) is 0 Å². The smallest absolute Gasteiger partial charge is 0.118 e. The molecule has 4 heteroatoms. The van der Waals surface area contributed by atoms with Crippen LogP contribution in [0.5, 0.6) is 5.75 Å². The summed E-state index contributed by atoms with van der Waals surface area (Å²) in [5.41, 5.74) is 1.05. The van der Waals surface area contributed by atoms with E-state index in [-0.39, 0.29) is 5.92 Å². The minimum atomic E-state index is -0.749. The molecular formula is C14H22O4. The largest absolute Gasteiger partial charge is 0.497 e. The molecule has 0 heterocycles. The average Bonchev–Trinajstić information content (AvgIpc) is 2.38. The summed E-state index contributed by atoms with van der Waals surface area (Å²) in [6.07, 6.45) is -1.48. The average molecular weight is 254 g/mol. The van der Waals surface area contributed by atoms with Crippen molar-refractivity contribution in [2.45, 2.75) is 32.7 Å². The fourth-order valence-electron chi connectivity index (χ4n) is 1.66. The summed E-state index contributed by atoms with van der Waals surface area (Å²) >= 11 is 0. The molecule has 0 radical (unpaired) electrons. The number of ether oxygens (including phenoxy) is 2. The van der Waals surface area contributed by atoms with Crippen LogP contribution in [-0.4, -0.2) is 36.1 Å². The van der Waals surface area contributed by atoms with Crippen molar-refractivity contribution in [2.75, 3.05) is 13.7 Å². The summed E-state index contributed by atoms with van der Waals surface area (Å²) in [5, 5.41) is 18.9. The molecule has 0 amide bonds. The van der Waals surface area contributed by atoms with Crippen molar-refractivity contribution in [1.82, 2.24) is 0 Å². The molecule has 1 aromatic carbocycles. The Morgan fingerprint density at radius 2 is 1.72 bits per heavy atom. The summed E-state index contributed by atoms with van der Waals surface area (Å²) in [6.45, 7) is 4.33. The predicted molar refractivity (Wildman–Crippen MR) is 69.5 cm³/mol. The highest BCUT2D eigenvalue weighted by Crippen LogP contribution is 2.13. The van der Waals surface area contributed by atoms with E-state index in [2.05, 4.69) is 0 Å². The van der Waals surface area contributed by atoms with E-state index in [0.29, 0.717) is 13.2 Å². The third-order valence-electron chi connectivity index (χ3n) is 2.89. The number of rotatable bonds is 7. The van der Waals surface area contributed by atoms with Gasteiger partial charge in [0.05, 0.1) is 32.5 Å². The van der Waals surface area contributed by atoms with Crippen molar-refractivity contribution in [2.24, 2.45) is 5.92 Å². The van der Waals surface area contributed by atoms with Gasteiger partial charge in [0, 0.05) is 5.92 Å². The van der Waals surface area contributed by atoms with Crippen LogP contribution in [0.1, 0.15) is 19.4 Å². The number of hydrogen-bond acceptors (Lipinski definition) is 4. The van der Waals surface area contributed by atoms with Crippen LogP contribution in [0.15, 0.2) is 24.3 Å². The van der Waals surface area contributed by atoms with E-state index >= 15 is 0 Å². The van der Waals surface area contributed by atoms with E-state index in [0.717, 1.165) is 11.3 Å². The molecule has 102 valence electrons. The zero-order chi connectivity index (χ0) is 13.5. The van der Waals surface area contributed by atoms with E-state index in [4.69, 9.17) is 9.47 Å². The van der Waals surface area contributed by atoms with Crippen molar-refractivity contribution < 1.29 is 19.7 Å². The second-order valence-corrected chi connectivity index (χ2v) is 4.57. The molecule has 0 aliphatic carbocycles. The highest BCUT2D eigenvalue weighted by atomic mass is 16.5. The van der Waals surface area contributed by atoms with Gasteiger partial charge in [0.25, 0.3) is 0 Å². The van der Waals surface area contributed by atoms with Crippen LogP contribution >= 0.6 is 0 Å². The van der Waals surface area contributed by atoms with Gasteiger partial charge in [-0.25, -0.2) is 0 Å². The van der Waals surface area contributed by atoms with Crippen LogP contribution in [0, 0.1) is 5.92 Å². The maximum absolute atomic E-state index is 9.61. The zero-order valence-electron chi connectivity index (χ0n) is 11.2. The molecule has 18 heavy (non-hydrogen) atoms. The number of aliphatic hydroxyl groups excluding tert-OH is 2. The van der Waals surface area contributed by atoms with Gasteiger partial charge in [-0.15, -0.1) is 0 Å². The minimum Gasteiger partial charge on any atom is -0.497 e. The van der Waals surface area contributed by atoms with E-state index in [1.54, 1.807) is 14.0 Å². The Kier molecular flexibility index (Phi) is 6.12. The summed E-state index contributed by atoms with van der Waals surface area (Å²) < 4.78 is 10.6. The van der Waals surface area contributed by atoms with E-state index in [9.17, 15) is 10.2 Å². The summed E-state index contributed by atoms with van der Waals surface area (Å²) in [5.74, 6) is 0.722. The molecule has 3 atom stereocenters. The zero-order valence-corrected chi connectivity index (χ0v) is 11.2. The molecule has 0 saturated carbocycles. The van der Waals surface area contributed by atoms with Crippen molar-refractivity contribution in [1.29, 1.82) is 0 Å². The number of aliphatic hydroxyl groups is 2. The highest BCUT2D eigenvalue weighted by molar-refractivity contribution is 5.26. The van der Waals surface area contributed by atoms with Crippen LogP contribution in [0.3, 0.4) is 0 Å². The molecule has 3 unspecified atom stereocenters. The minimum absolute atomic E-state index is 0.0942. The van der Waals surface area contributed by atoms with Crippen LogP contribution in [0.25, 0.3) is 0 Å². The van der Waals surface area contributed by atoms with Crippen molar-refractivity contribution in [3.05, 3.63) is 29.8 Å². The molecule has 0 aliphatic rings. The third kappa shape index (κ3) is 4.64. The van der Waals surface area contributed by atoms with E-state index < -0.39 is 12.2 Å². The van der Waals surface area contributed by atoms with Gasteiger partial charge in [-0.2, -0.15) is 0 Å². The monoisotopic (exact) mass is 254 g/mol. The Hall–Kier alpha value is -1.10. The van der Waals surface area contributed by atoms with Gasteiger partial charge in [-0.05, 0) is 24.6 Å². The van der Waals surface area contributed by atoms with Crippen molar-refractivity contribution >= 4 is 0 Å². The Bertz CT molecular complexity index is 334. The lowest BCUT2D eigenvalue weighted by atomic mass is 10.0. The molecule has 0 saturated heterocycles. The molecule has 4 nitrogen and oxygen atoms in total. The van der Waals surface area contributed by atoms with Gasteiger partial charge >= 0.3 is 0 Å². The topological polar surface area (TPSA) is 58.9 Å². The molecule has 0 spiro atoms. The standard InChI is InChI=1S/C14H22O4/c1-10(14(16)11(2)15)8-18-9-12-4-6-13(17-3)7-5-12/h4-7,10-11,14-16H,8-9H2,1-3H3. The van der Waals surface area contributed by atoms with E-state index in [1.165, 1.54) is 0 Å². The SMILES string of the molecule is COc1ccc(COCC(C)C(O)C(C)O)cc1. The lowest BCUT2D eigenvalue weighted by molar-refractivity contribution is -0.0338. The Labute approximate surface area is 108 Å². The molecule has 1 rings (SSSR count). The van der Waals surface area contributed by atoms with Crippen LogP contribution in [0.2, 0.25) is 0 Å². The third-order valence-corrected chi connectivity index (χ3v) is 2.89. The quantitative estimate of drug-likeness (QED) is 0.776. The maximum atomic E-state index is 9.61. The first kappa shape index (κ1) is 15.0. The highest BCUT2D eigenvalue weighted by Gasteiger charge is 2.19. The van der Waals surface area contributed by atoms with Crippen LogP contribution in [-0.2, 0) is 11.3 Å². The second-order valence-electron chi connectivity index (χ2n) is 4.57. The molecule has 1 aromatic rings. The lowest BCUT2D eigenvalue weighted by Crippen LogP contribution is -2.32. The van der Waals surface area contributed by atoms with Gasteiger partial charge < -0.3 is 19.7 Å². The molecule has 0 aromatic heterocycles. The van der Waals surface area contributed by atoms with Gasteiger partial charge in [0.15, 0.2) is 0 Å². The number of methoxy groups -OCH3 is 1. The lowest BCUT2D eigenvalue weighted by Gasteiger charge is -2.21. The van der Waals surface area contributed by atoms with Gasteiger partial charge in [-0.1, -0.05) is 19.1 Å². The first-order chi connectivity index (χ1) is 8.54. The first-order valence-electron chi connectivity index (χ1n) is 6.11. The number of hydrogen-bond donors (Lipinski definition) is 2. The van der Waals surface area contributed by atoms with E-state index in [1.807, 2.05) is 31.2 Å². The molecule has 0 bridgehead atoms. The van der Waals surface area contributed by atoms with Gasteiger partial charge in [0.1, 0.15) is 5.75 Å². The summed E-state index contributed by atoms with van der Waals surface area (Å²) in [4.78, 5) is 0. The molecular weight excluding hydrogens is 232 g/mol. The predicted octanol–water partition coefficient (Wildman–Crippen LogP) is 1.59. The van der Waals surface area contributed by atoms with Gasteiger partial charge in [0.2, 0.25) is 0 Å². The number of benzene rings is 1. The molecule has 0 aliphatic heterocycles. The molecule has 0 fully saturated rings. The van der Waals surface area contributed by atoms with Crippen molar-refractivity contribution in [3.63, 3.8) is 0 Å². The normalized spacial score (nSPS) is 16.1. The Morgan fingerprint density at radius 1 is 1.11 bits per heavy atom. The Balaban J connectivity index is 2.32. The summed E-state index contributed by atoms with van der Waals surface area (Å²) in [7, 11) is 1.63. The fraction of sp³-hybridized carbons (Fsp3) is 0.571. The second kappa shape index (κ2) is 7.36. The fourth-order valence-corrected chi connectivity index (χ4v) is 1.66. The maximum Gasteiger partial charge on any atom is 0.118 e. The molecule has 2 N–H and O–H groups in total. The van der Waals surface area contributed by atoms with Crippen LogP contribution < -0.4 is 4.74 Å². The Morgan fingerprint density at radius 3 is 2.22 bits per heavy atom. The van der Waals surface area contributed by atoms with Crippen molar-refractivity contribution in [3.8, 4) is 5.75 Å². The van der Waals surface area contributed by atoms with Crippen LogP contribution in [0.4, 0.5) is 0 Å².